The Labute approximate surface area is 90.8 Å². The Morgan fingerprint density at radius 3 is 2.67 bits per heavy atom. The largest absolute Gasteiger partial charge is 0.505 e. The first-order valence-corrected chi connectivity index (χ1v) is 5.39. The van der Waals surface area contributed by atoms with E-state index in [4.69, 9.17) is 10.8 Å². The van der Waals surface area contributed by atoms with Crippen LogP contribution in [0.3, 0.4) is 0 Å². The minimum atomic E-state index is -0.641. The van der Waals surface area contributed by atoms with E-state index >= 15 is 0 Å². The summed E-state index contributed by atoms with van der Waals surface area (Å²) < 4.78 is 13.1. The zero-order valence-corrected chi connectivity index (χ0v) is 8.67. The molecule has 0 saturated carbocycles. The van der Waals surface area contributed by atoms with E-state index in [0.29, 0.717) is 5.56 Å². The van der Waals surface area contributed by atoms with Gasteiger partial charge in [0.2, 0.25) is 0 Å². The molecule has 0 unspecified atom stereocenters. The average molecular weight is 223 g/mol. The summed E-state index contributed by atoms with van der Waals surface area (Å²) in [5, 5.41) is 12.9. The second-order valence-corrected chi connectivity index (χ2v) is 4.03. The van der Waals surface area contributed by atoms with Crippen molar-refractivity contribution in [3.05, 3.63) is 52.0 Å². The van der Waals surface area contributed by atoms with Gasteiger partial charge in [-0.15, -0.1) is 0 Å². The molecule has 0 aliphatic rings. The fourth-order valence-corrected chi connectivity index (χ4v) is 2.06. The van der Waals surface area contributed by atoms with Gasteiger partial charge < -0.3 is 10.8 Å². The first kappa shape index (κ1) is 10.1. The van der Waals surface area contributed by atoms with Gasteiger partial charge in [0.25, 0.3) is 0 Å². The van der Waals surface area contributed by atoms with Gasteiger partial charge in [0, 0.05) is 0 Å². The molecule has 0 aliphatic carbocycles. The maximum absolute atomic E-state index is 13.1. The number of phenols is 1. The molecule has 2 nitrogen and oxygen atoms in total. The number of rotatable bonds is 2. The number of halogens is 1. The fourth-order valence-electron chi connectivity index (χ4n) is 1.36. The molecular formula is C11H10FNOS. The van der Waals surface area contributed by atoms with Gasteiger partial charge in [-0.3, -0.25) is 0 Å². The lowest BCUT2D eigenvalue weighted by atomic mass is 10.0. The van der Waals surface area contributed by atoms with Gasteiger partial charge in [-0.2, -0.15) is 11.3 Å². The minimum absolute atomic E-state index is 0.341. The Morgan fingerprint density at radius 1 is 1.27 bits per heavy atom. The van der Waals surface area contributed by atoms with Gasteiger partial charge in [0.15, 0.2) is 11.6 Å². The van der Waals surface area contributed by atoms with Crippen molar-refractivity contribution in [1.29, 1.82) is 0 Å². The molecule has 3 N–H and O–H groups in total. The summed E-state index contributed by atoms with van der Waals surface area (Å²) in [7, 11) is 0. The normalized spacial score (nSPS) is 12.7. The Bertz CT molecular complexity index is 456. The van der Waals surface area contributed by atoms with E-state index in [2.05, 4.69) is 0 Å². The second kappa shape index (κ2) is 4.00. The number of aromatic hydroxyl groups is 1. The molecule has 1 atom stereocenters. The van der Waals surface area contributed by atoms with Crippen LogP contribution < -0.4 is 5.73 Å². The van der Waals surface area contributed by atoms with Crippen LogP contribution in [-0.2, 0) is 0 Å². The molecular weight excluding hydrogens is 213 g/mol. The summed E-state index contributed by atoms with van der Waals surface area (Å²) in [6.45, 7) is 0. The number of hydrogen-bond acceptors (Lipinski definition) is 3. The monoisotopic (exact) mass is 223 g/mol. The van der Waals surface area contributed by atoms with Crippen molar-refractivity contribution in [2.75, 3.05) is 0 Å². The third kappa shape index (κ3) is 2.00. The van der Waals surface area contributed by atoms with E-state index in [1.54, 1.807) is 17.4 Å². The van der Waals surface area contributed by atoms with E-state index in [0.717, 1.165) is 5.56 Å². The van der Waals surface area contributed by atoms with Gasteiger partial charge in [0.1, 0.15) is 0 Å². The smallest absolute Gasteiger partial charge is 0.165 e. The highest BCUT2D eigenvalue weighted by atomic mass is 32.1. The van der Waals surface area contributed by atoms with Gasteiger partial charge >= 0.3 is 0 Å². The molecule has 0 amide bonds. The van der Waals surface area contributed by atoms with Crippen LogP contribution in [0, 0.1) is 5.82 Å². The number of benzene rings is 1. The van der Waals surface area contributed by atoms with Crippen LogP contribution in [0.25, 0.3) is 0 Å². The van der Waals surface area contributed by atoms with Crippen molar-refractivity contribution >= 4 is 11.3 Å². The molecule has 0 bridgehead atoms. The SMILES string of the molecule is N[C@H](c1ccsc1)c1ccc(O)c(F)c1. The molecule has 1 heterocycles. The van der Waals surface area contributed by atoms with Gasteiger partial charge in [-0.1, -0.05) is 6.07 Å². The lowest BCUT2D eigenvalue weighted by molar-refractivity contribution is 0.431. The Morgan fingerprint density at radius 2 is 2.07 bits per heavy atom. The third-order valence-electron chi connectivity index (χ3n) is 2.23. The number of hydrogen-bond donors (Lipinski definition) is 2. The predicted molar refractivity (Wildman–Crippen MR) is 58.4 cm³/mol. The molecule has 78 valence electrons. The molecule has 4 heteroatoms. The van der Waals surface area contributed by atoms with E-state index in [9.17, 15) is 4.39 Å². The van der Waals surface area contributed by atoms with E-state index in [1.165, 1.54) is 12.1 Å². The van der Waals surface area contributed by atoms with E-state index in [-0.39, 0.29) is 11.8 Å². The van der Waals surface area contributed by atoms with Crippen molar-refractivity contribution in [2.45, 2.75) is 6.04 Å². The van der Waals surface area contributed by atoms with Crippen molar-refractivity contribution < 1.29 is 9.50 Å². The topological polar surface area (TPSA) is 46.2 Å². The Balaban J connectivity index is 2.34. The standard InChI is InChI=1S/C11H10FNOS/c12-9-5-7(1-2-10(9)14)11(13)8-3-4-15-6-8/h1-6,11,14H,13H2/t11-/m0/s1. The average Bonchev–Trinajstić information content (AvgIpc) is 2.74. The summed E-state index contributed by atoms with van der Waals surface area (Å²) in [5.41, 5.74) is 7.54. The highest BCUT2D eigenvalue weighted by Gasteiger charge is 2.11. The number of thiophene rings is 1. The number of nitrogens with two attached hydrogens (primary N) is 1. The summed E-state index contributed by atoms with van der Waals surface area (Å²) in [5.74, 6) is -0.991. The first-order valence-electron chi connectivity index (χ1n) is 4.44. The van der Waals surface area contributed by atoms with Crippen LogP contribution in [0.2, 0.25) is 0 Å². The summed E-state index contributed by atoms with van der Waals surface area (Å²) in [6, 6.07) is 5.77. The minimum Gasteiger partial charge on any atom is -0.505 e. The molecule has 15 heavy (non-hydrogen) atoms. The fraction of sp³-hybridized carbons (Fsp3) is 0.0909. The Hall–Kier alpha value is -1.39. The molecule has 2 rings (SSSR count). The zero-order valence-electron chi connectivity index (χ0n) is 7.85. The molecule has 1 aromatic carbocycles. The van der Waals surface area contributed by atoms with Crippen LogP contribution in [0.15, 0.2) is 35.0 Å². The third-order valence-corrected chi connectivity index (χ3v) is 2.93. The molecule has 1 aromatic heterocycles. The van der Waals surface area contributed by atoms with Crippen LogP contribution in [-0.4, -0.2) is 5.11 Å². The summed E-state index contributed by atoms with van der Waals surface area (Å²) in [4.78, 5) is 0. The molecule has 0 radical (unpaired) electrons. The maximum atomic E-state index is 13.1. The van der Waals surface area contributed by atoms with Crippen LogP contribution >= 0.6 is 11.3 Å². The zero-order chi connectivity index (χ0) is 10.8. The van der Waals surface area contributed by atoms with Crippen LogP contribution in [0.1, 0.15) is 17.2 Å². The molecule has 2 aromatic rings. The number of phenolic OH excluding ortho intramolecular Hbond substituents is 1. The lowest BCUT2D eigenvalue weighted by Crippen LogP contribution is -2.10. The summed E-state index contributed by atoms with van der Waals surface area (Å²) >= 11 is 1.55. The van der Waals surface area contributed by atoms with Crippen molar-refractivity contribution in [3.63, 3.8) is 0 Å². The van der Waals surface area contributed by atoms with E-state index in [1.807, 2.05) is 16.8 Å². The quantitative estimate of drug-likeness (QED) is 0.822. The molecule has 0 fully saturated rings. The predicted octanol–water partition coefficient (Wildman–Crippen LogP) is 2.64. The van der Waals surface area contributed by atoms with Crippen LogP contribution in [0.4, 0.5) is 4.39 Å². The van der Waals surface area contributed by atoms with Crippen LogP contribution in [0.5, 0.6) is 5.75 Å². The van der Waals surface area contributed by atoms with E-state index < -0.39 is 5.82 Å². The van der Waals surface area contributed by atoms with Crippen molar-refractivity contribution in [2.24, 2.45) is 5.73 Å². The molecule has 0 aliphatic heterocycles. The van der Waals surface area contributed by atoms with Gasteiger partial charge in [-0.05, 0) is 40.1 Å². The van der Waals surface area contributed by atoms with Gasteiger partial charge in [0.05, 0.1) is 6.04 Å². The first-order chi connectivity index (χ1) is 7.18. The Kier molecular flexibility index (Phi) is 2.70. The second-order valence-electron chi connectivity index (χ2n) is 3.25. The van der Waals surface area contributed by atoms with Gasteiger partial charge in [-0.25, -0.2) is 4.39 Å². The summed E-state index contributed by atoms with van der Waals surface area (Å²) in [6.07, 6.45) is 0. The molecule has 0 saturated heterocycles. The maximum Gasteiger partial charge on any atom is 0.165 e. The van der Waals surface area contributed by atoms with Crippen molar-refractivity contribution in [1.82, 2.24) is 0 Å². The van der Waals surface area contributed by atoms with Crippen molar-refractivity contribution in [3.8, 4) is 5.75 Å². The lowest BCUT2D eigenvalue weighted by Gasteiger charge is -2.10. The molecule has 0 spiro atoms. The highest BCUT2D eigenvalue weighted by Crippen LogP contribution is 2.25. The highest BCUT2D eigenvalue weighted by molar-refractivity contribution is 7.08.